The van der Waals surface area contributed by atoms with Crippen LogP contribution in [0.5, 0.6) is 0 Å². The van der Waals surface area contributed by atoms with Gasteiger partial charge in [0.1, 0.15) is 0 Å². The van der Waals surface area contributed by atoms with Gasteiger partial charge in [-0.05, 0) is 55.5 Å². The molecule has 1 spiro atoms. The molecule has 0 aromatic heterocycles. The Morgan fingerprint density at radius 1 is 1.00 bits per heavy atom. The first-order valence-corrected chi connectivity index (χ1v) is 9.19. The molecule has 0 unspecified atom stereocenters. The van der Waals surface area contributed by atoms with Gasteiger partial charge in [-0.2, -0.15) is 0 Å². The second-order valence-electron chi connectivity index (χ2n) is 7.37. The molecule has 0 aliphatic carbocycles. The number of rotatable bonds is 2. The third kappa shape index (κ3) is 3.15. The fourth-order valence-electron chi connectivity index (χ4n) is 4.23. The van der Waals surface area contributed by atoms with E-state index >= 15 is 0 Å². The van der Waals surface area contributed by atoms with Crippen molar-refractivity contribution in [2.75, 3.05) is 57.4 Å². The quantitative estimate of drug-likeness (QED) is 0.898. The highest BCUT2D eigenvalue weighted by Gasteiger charge is 2.38. The number of nitrogens with zero attached hydrogens (tertiary/aromatic N) is 2. The van der Waals surface area contributed by atoms with Gasteiger partial charge in [0.05, 0.1) is 13.2 Å². The lowest BCUT2D eigenvalue weighted by molar-refractivity contribution is 0.0607. The maximum absolute atomic E-state index is 12.8. The van der Waals surface area contributed by atoms with Gasteiger partial charge in [-0.1, -0.05) is 0 Å². The molecule has 0 bridgehead atoms. The standard InChI is InChI=1S/C19H27N3O2/c23-18(22-9-6-19(7-10-22)5-8-20-15-19)16-1-3-17(4-2-16)21-11-13-24-14-12-21/h1-4,20H,5-15H2. The molecule has 3 saturated heterocycles. The van der Waals surface area contributed by atoms with Crippen LogP contribution in [0.3, 0.4) is 0 Å². The van der Waals surface area contributed by atoms with Crippen LogP contribution < -0.4 is 10.2 Å². The molecular weight excluding hydrogens is 302 g/mol. The van der Waals surface area contributed by atoms with Crippen LogP contribution in [0, 0.1) is 5.41 Å². The zero-order valence-electron chi connectivity index (χ0n) is 14.3. The first kappa shape index (κ1) is 15.9. The van der Waals surface area contributed by atoms with E-state index in [1.54, 1.807) is 0 Å². The summed E-state index contributed by atoms with van der Waals surface area (Å²) in [6, 6.07) is 8.11. The number of hydrogen-bond donors (Lipinski definition) is 1. The van der Waals surface area contributed by atoms with E-state index in [4.69, 9.17) is 4.74 Å². The average molecular weight is 329 g/mol. The minimum absolute atomic E-state index is 0.185. The lowest BCUT2D eigenvalue weighted by atomic mass is 9.78. The Morgan fingerprint density at radius 3 is 2.33 bits per heavy atom. The molecule has 0 saturated carbocycles. The number of hydrogen-bond acceptors (Lipinski definition) is 4. The molecule has 3 heterocycles. The normalized spacial score (nSPS) is 23.7. The summed E-state index contributed by atoms with van der Waals surface area (Å²) in [5.74, 6) is 0.185. The van der Waals surface area contributed by atoms with Gasteiger partial charge < -0.3 is 19.9 Å². The van der Waals surface area contributed by atoms with Crippen LogP contribution in [0.2, 0.25) is 0 Å². The highest BCUT2D eigenvalue weighted by Crippen LogP contribution is 2.37. The fraction of sp³-hybridized carbons (Fsp3) is 0.632. The lowest BCUT2D eigenvalue weighted by Crippen LogP contribution is -2.44. The van der Waals surface area contributed by atoms with Gasteiger partial charge in [-0.3, -0.25) is 4.79 Å². The molecule has 1 aromatic carbocycles. The zero-order chi connectivity index (χ0) is 16.4. The number of carbonyl (C=O) groups excluding carboxylic acids is 1. The number of carbonyl (C=O) groups is 1. The van der Waals surface area contributed by atoms with Crippen molar-refractivity contribution in [2.45, 2.75) is 19.3 Å². The minimum atomic E-state index is 0.185. The number of ether oxygens (including phenoxy) is 1. The predicted octanol–water partition coefficient (Wildman–Crippen LogP) is 1.74. The summed E-state index contributed by atoms with van der Waals surface area (Å²) in [4.78, 5) is 17.1. The smallest absolute Gasteiger partial charge is 0.253 e. The van der Waals surface area contributed by atoms with Gasteiger partial charge >= 0.3 is 0 Å². The molecule has 3 fully saturated rings. The summed E-state index contributed by atoms with van der Waals surface area (Å²) in [7, 11) is 0. The minimum Gasteiger partial charge on any atom is -0.378 e. The molecule has 3 aliphatic rings. The van der Waals surface area contributed by atoms with Crippen LogP contribution >= 0.6 is 0 Å². The van der Waals surface area contributed by atoms with Crippen molar-refractivity contribution in [2.24, 2.45) is 5.41 Å². The molecule has 1 N–H and O–H groups in total. The molecule has 5 heteroatoms. The second-order valence-corrected chi connectivity index (χ2v) is 7.37. The molecule has 1 amide bonds. The summed E-state index contributed by atoms with van der Waals surface area (Å²) < 4.78 is 5.40. The second kappa shape index (κ2) is 6.73. The number of nitrogens with one attached hydrogen (secondary N) is 1. The van der Waals surface area contributed by atoms with Crippen LogP contribution in [0.4, 0.5) is 5.69 Å². The largest absolute Gasteiger partial charge is 0.378 e. The maximum Gasteiger partial charge on any atom is 0.253 e. The highest BCUT2D eigenvalue weighted by atomic mass is 16.5. The molecule has 24 heavy (non-hydrogen) atoms. The molecule has 4 rings (SSSR count). The number of anilines is 1. The number of benzene rings is 1. The van der Waals surface area contributed by atoms with E-state index in [0.29, 0.717) is 5.41 Å². The molecule has 3 aliphatic heterocycles. The third-order valence-electron chi connectivity index (χ3n) is 5.93. The van der Waals surface area contributed by atoms with Crippen molar-refractivity contribution in [3.8, 4) is 0 Å². The summed E-state index contributed by atoms with van der Waals surface area (Å²) in [5.41, 5.74) is 2.45. The highest BCUT2D eigenvalue weighted by molar-refractivity contribution is 5.94. The average Bonchev–Trinajstić information content (AvgIpc) is 3.11. The topological polar surface area (TPSA) is 44.8 Å². The van der Waals surface area contributed by atoms with Crippen LogP contribution in [0.1, 0.15) is 29.6 Å². The number of likely N-dealkylation sites (tertiary alicyclic amines) is 1. The zero-order valence-corrected chi connectivity index (χ0v) is 14.3. The van der Waals surface area contributed by atoms with E-state index in [0.717, 1.165) is 70.9 Å². The van der Waals surface area contributed by atoms with Gasteiger partial charge in [0.25, 0.3) is 5.91 Å². The van der Waals surface area contributed by atoms with E-state index in [9.17, 15) is 4.79 Å². The maximum atomic E-state index is 12.8. The molecule has 1 aromatic rings. The Balaban J connectivity index is 1.37. The van der Waals surface area contributed by atoms with Crippen molar-refractivity contribution in [1.82, 2.24) is 10.2 Å². The Labute approximate surface area is 144 Å². The Hall–Kier alpha value is -1.59. The van der Waals surface area contributed by atoms with Crippen LogP contribution in [0.25, 0.3) is 0 Å². The summed E-state index contributed by atoms with van der Waals surface area (Å²) in [6.07, 6.45) is 3.54. The fourth-order valence-corrected chi connectivity index (χ4v) is 4.23. The summed E-state index contributed by atoms with van der Waals surface area (Å²) >= 11 is 0. The van der Waals surface area contributed by atoms with Crippen molar-refractivity contribution < 1.29 is 9.53 Å². The van der Waals surface area contributed by atoms with Gasteiger partial charge in [0, 0.05) is 44.0 Å². The Bertz CT molecular complexity index is 565. The first-order chi connectivity index (χ1) is 11.8. The van der Waals surface area contributed by atoms with Crippen molar-refractivity contribution in [3.63, 3.8) is 0 Å². The summed E-state index contributed by atoms with van der Waals surface area (Å²) in [5, 5.41) is 3.48. The number of morpholine rings is 1. The van der Waals surface area contributed by atoms with E-state index in [1.165, 1.54) is 12.1 Å². The van der Waals surface area contributed by atoms with E-state index in [-0.39, 0.29) is 5.91 Å². The monoisotopic (exact) mass is 329 g/mol. The van der Waals surface area contributed by atoms with E-state index in [2.05, 4.69) is 22.3 Å². The SMILES string of the molecule is O=C(c1ccc(N2CCOCC2)cc1)N1CCC2(CCNC2)CC1. The van der Waals surface area contributed by atoms with Gasteiger partial charge in [-0.25, -0.2) is 0 Å². The number of piperidine rings is 1. The molecule has 130 valence electrons. The lowest BCUT2D eigenvalue weighted by Gasteiger charge is -2.39. The van der Waals surface area contributed by atoms with Crippen molar-refractivity contribution >= 4 is 11.6 Å². The Morgan fingerprint density at radius 2 is 1.71 bits per heavy atom. The van der Waals surface area contributed by atoms with Crippen molar-refractivity contribution in [1.29, 1.82) is 0 Å². The Kier molecular flexibility index (Phi) is 4.46. The van der Waals surface area contributed by atoms with E-state index < -0.39 is 0 Å². The van der Waals surface area contributed by atoms with Crippen molar-refractivity contribution in [3.05, 3.63) is 29.8 Å². The van der Waals surface area contributed by atoms with Crippen LogP contribution in [-0.2, 0) is 4.74 Å². The van der Waals surface area contributed by atoms with Gasteiger partial charge in [0.2, 0.25) is 0 Å². The molecular formula is C19H27N3O2. The van der Waals surface area contributed by atoms with Gasteiger partial charge in [-0.15, -0.1) is 0 Å². The van der Waals surface area contributed by atoms with Crippen LogP contribution in [-0.4, -0.2) is 63.3 Å². The van der Waals surface area contributed by atoms with Gasteiger partial charge in [0.15, 0.2) is 0 Å². The van der Waals surface area contributed by atoms with Crippen LogP contribution in [0.15, 0.2) is 24.3 Å². The molecule has 5 nitrogen and oxygen atoms in total. The van der Waals surface area contributed by atoms with E-state index in [1.807, 2.05) is 17.0 Å². The first-order valence-electron chi connectivity index (χ1n) is 9.19. The third-order valence-corrected chi connectivity index (χ3v) is 5.93. The molecule has 0 atom stereocenters. The molecule has 0 radical (unpaired) electrons. The summed E-state index contributed by atoms with van der Waals surface area (Å²) in [6.45, 7) is 7.47. The number of amides is 1. The predicted molar refractivity (Wildman–Crippen MR) is 94.5 cm³/mol.